The zero-order valence-corrected chi connectivity index (χ0v) is 16.3. The van der Waals surface area contributed by atoms with E-state index in [1.165, 1.54) is 5.57 Å². The average molecular weight is 392 g/mol. The number of benzene rings is 2. The smallest absolute Gasteiger partial charge is 0.129 e. The normalized spacial score (nSPS) is 11.9. The van der Waals surface area contributed by atoms with Gasteiger partial charge in [-0.3, -0.25) is 0 Å². The van der Waals surface area contributed by atoms with Crippen molar-refractivity contribution in [1.82, 2.24) is 0 Å². The largest absolute Gasteiger partial charge is 0.462 e. The molecule has 0 saturated carbocycles. The molecule has 1 N–H and O–H groups in total. The molecule has 0 aliphatic carbocycles. The fraction of sp³-hybridized carbons (Fsp3) is 0.263. The standard InChI is InChI=1S/C19H22BrNOS/c1-5-13(2)15(4)22-19-10-9-17(11-14(19)3)21-23-18-8-6-7-16(20)12-18/h6-12,21H,5H2,1-4H3. The van der Waals surface area contributed by atoms with E-state index in [0.29, 0.717) is 0 Å². The molecular weight excluding hydrogens is 370 g/mol. The molecule has 0 bridgehead atoms. The van der Waals surface area contributed by atoms with Gasteiger partial charge in [-0.25, -0.2) is 0 Å². The zero-order valence-electron chi connectivity index (χ0n) is 13.9. The number of aryl methyl sites for hydroxylation is 1. The van der Waals surface area contributed by atoms with Crippen molar-refractivity contribution in [3.8, 4) is 5.75 Å². The molecule has 2 rings (SSSR count). The highest BCUT2D eigenvalue weighted by molar-refractivity contribution is 9.10. The summed E-state index contributed by atoms with van der Waals surface area (Å²) in [4.78, 5) is 1.16. The van der Waals surface area contributed by atoms with E-state index in [-0.39, 0.29) is 0 Å². The Labute approximate surface area is 151 Å². The van der Waals surface area contributed by atoms with Crippen molar-refractivity contribution in [3.05, 3.63) is 63.8 Å². The van der Waals surface area contributed by atoms with Crippen LogP contribution in [-0.2, 0) is 0 Å². The molecule has 0 amide bonds. The molecule has 0 heterocycles. The Hall–Kier alpha value is -1.39. The van der Waals surface area contributed by atoms with Crippen LogP contribution in [0.1, 0.15) is 32.8 Å². The van der Waals surface area contributed by atoms with Crippen molar-refractivity contribution in [3.63, 3.8) is 0 Å². The van der Waals surface area contributed by atoms with Gasteiger partial charge in [0.05, 0.1) is 5.76 Å². The second-order valence-corrected chi connectivity index (χ2v) is 7.23. The van der Waals surface area contributed by atoms with E-state index in [1.54, 1.807) is 11.9 Å². The van der Waals surface area contributed by atoms with Crippen LogP contribution in [0.15, 0.2) is 63.2 Å². The second-order valence-electron chi connectivity index (χ2n) is 5.43. The highest BCUT2D eigenvalue weighted by Gasteiger charge is 2.05. The van der Waals surface area contributed by atoms with Gasteiger partial charge in [-0.2, -0.15) is 0 Å². The first kappa shape index (κ1) is 18.0. The van der Waals surface area contributed by atoms with Crippen molar-refractivity contribution in [1.29, 1.82) is 0 Å². The van der Waals surface area contributed by atoms with Crippen LogP contribution in [0.5, 0.6) is 5.75 Å². The number of ether oxygens (including phenoxy) is 1. The van der Waals surface area contributed by atoms with E-state index in [1.807, 2.05) is 31.2 Å². The van der Waals surface area contributed by atoms with Gasteiger partial charge in [0.2, 0.25) is 0 Å². The molecule has 0 saturated heterocycles. The van der Waals surface area contributed by atoms with Crippen molar-refractivity contribution in [2.45, 2.75) is 39.0 Å². The monoisotopic (exact) mass is 391 g/mol. The Bertz CT molecular complexity index is 712. The molecular formula is C19H22BrNOS. The van der Waals surface area contributed by atoms with E-state index in [9.17, 15) is 0 Å². The van der Waals surface area contributed by atoms with E-state index in [0.717, 1.165) is 38.5 Å². The first-order valence-electron chi connectivity index (χ1n) is 7.63. The fourth-order valence-corrected chi connectivity index (χ4v) is 3.22. The summed E-state index contributed by atoms with van der Waals surface area (Å²) in [6.07, 6.45) is 1.01. The molecule has 0 fully saturated rings. The summed E-state index contributed by atoms with van der Waals surface area (Å²) in [5.41, 5.74) is 3.46. The number of rotatable bonds is 6. The van der Waals surface area contributed by atoms with Crippen LogP contribution >= 0.6 is 27.9 Å². The van der Waals surface area contributed by atoms with Gasteiger partial charge in [-0.05, 0) is 86.7 Å². The summed E-state index contributed by atoms with van der Waals surface area (Å²) in [6, 6.07) is 14.4. The Balaban J connectivity index is 2.04. The van der Waals surface area contributed by atoms with Gasteiger partial charge in [0.1, 0.15) is 5.75 Å². The summed E-state index contributed by atoms with van der Waals surface area (Å²) in [6.45, 7) is 8.34. The average Bonchev–Trinajstić information content (AvgIpc) is 2.54. The Morgan fingerprint density at radius 2 is 1.96 bits per heavy atom. The maximum atomic E-state index is 5.97. The Kier molecular flexibility index (Phi) is 6.60. The lowest BCUT2D eigenvalue weighted by Crippen LogP contribution is -1.97. The summed E-state index contributed by atoms with van der Waals surface area (Å²) >= 11 is 5.08. The van der Waals surface area contributed by atoms with E-state index in [4.69, 9.17) is 4.74 Å². The quantitative estimate of drug-likeness (QED) is 0.424. The van der Waals surface area contributed by atoms with Crippen molar-refractivity contribution in [2.24, 2.45) is 0 Å². The van der Waals surface area contributed by atoms with Gasteiger partial charge in [-0.1, -0.05) is 28.9 Å². The van der Waals surface area contributed by atoms with Crippen molar-refractivity contribution >= 4 is 33.6 Å². The third-order valence-corrected chi connectivity index (χ3v) is 4.97. The highest BCUT2D eigenvalue weighted by atomic mass is 79.9. The van der Waals surface area contributed by atoms with Crippen LogP contribution in [0.2, 0.25) is 0 Å². The molecule has 0 aliphatic rings. The van der Waals surface area contributed by atoms with Crippen molar-refractivity contribution in [2.75, 3.05) is 4.72 Å². The molecule has 2 aromatic rings. The second kappa shape index (κ2) is 8.46. The van der Waals surface area contributed by atoms with Gasteiger partial charge in [0, 0.05) is 15.1 Å². The lowest BCUT2D eigenvalue weighted by molar-refractivity contribution is 0.416. The molecule has 0 spiro atoms. The molecule has 122 valence electrons. The Morgan fingerprint density at radius 3 is 2.61 bits per heavy atom. The van der Waals surface area contributed by atoms with Crippen LogP contribution in [-0.4, -0.2) is 0 Å². The third-order valence-electron chi connectivity index (χ3n) is 3.65. The highest BCUT2D eigenvalue weighted by Crippen LogP contribution is 2.28. The zero-order chi connectivity index (χ0) is 16.8. The summed E-state index contributed by atoms with van der Waals surface area (Å²) < 4.78 is 10.4. The van der Waals surface area contributed by atoms with Crippen LogP contribution in [0.25, 0.3) is 0 Å². The predicted octanol–water partition coefficient (Wildman–Crippen LogP) is 6.96. The number of allylic oxidation sites excluding steroid dienone is 2. The lowest BCUT2D eigenvalue weighted by atomic mass is 10.2. The SMILES string of the molecule is CCC(C)=C(C)Oc1ccc(NSc2cccc(Br)c2)cc1C. The van der Waals surface area contributed by atoms with Gasteiger partial charge in [0.25, 0.3) is 0 Å². The number of anilines is 1. The number of hydrogen-bond acceptors (Lipinski definition) is 3. The Morgan fingerprint density at radius 1 is 1.17 bits per heavy atom. The predicted molar refractivity (Wildman–Crippen MR) is 104 cm³/mol. The molecule has 0 radical (unpaired) electrons. The van der Waals surface area contributed by atoms with E-state index < -0.39 is 0 Å². The molecule has 2 nitrogen and oxygen atoms in total. The number of hydrogen-bond donors (Lipinski definition) is 1. The number of nitrogens with one attached hydrogen (secondary N) is 1. The maximum absolute atomic E-state index is 5.97. The molecule has 0 atom stereocenters. The minimum absolute atomic E-state index is 0.910. The van der Waals surface area contributed by atoms with Crippen LogP contribution < -0.4 is 9.46 Å². The molecule has 0 unspecified atom stereocenters. The van der Waals surface area contributed by atoms with Crippen LogP contribution in [0, 0.1) is 6.92 Å². The van der Waals surface area contributed by atoms with E-state index >= 15 is 0 Å². The summed E-state index contributed by atoms with van der Waals surface area (Å²) in [7, 11) is 0. The van der Waals surface area contributed by atoms with E-state index in [2.05, 4.69) is 59.6 Å². The van der Waals surface area contributed by atoms with Crippen molar-refractivity contribution < 1.29 is 4.74 Å². The fourth-order valence-electron chi connectivity index (χ4n) is 1.98. The topological polar surface area (TPSA) is 21.3 Å². The number of halogens is 1. The maximum Gasteiger partial charge on any atom is 0.129 e. The minimum atomic E-state index is 0.910. The molecule has 23 heavy (non-hydrogen) atoms. The summed E-state index contributed by atoms with van der Waals surface area (Å²) in [5.74, 6) is 1.90. The molecule has 0 aromatic heterocycles. The molecule has 0 aliphatic heterocycles. The lowest BCUT2D eigenvalue weighted by Gasteiger charge is -2.13. The van der Waals surface area contributed by atoms with Gasteiger partial charge in [0.15, 0.2) is 0 Å². The van der Waals surface area contributed by atoms with Gasteiger partial charge in [-0.15, -0.1) is 0 Å². The minimum Gasteiger partial charge on any atom is -0.462 e. The first-order chi connectivity index (χ1) is 11.0. The van der Waals surface area contributed by atoms with Gasteiger partial charge < -0.3 is 9.46 Å². The molecule has 4 heteroatoms. The van der Waals surface area contributed by atoms with Gasteiger partial charge >= 0.3 is 0 Å². The van der Waals surface area contributed by atoms with Crippen LogP contribution in [0.4, 0.5) is 5.69 Å². The van der Waals surface area contributed by atoms with Crippen LogP contribution in [0.3, 0.4) is 0 Å². The third kappa shape index (κ3) is 5.33. The summed E-state index contributed by atoms with van der Waals surface area (Å²) in [5, 5.41) is 0. The first-order valence-corrected chi connectivity index (χ1v) is 9.24. The molecule has 2 aromatic carbocycles.